The van der Waals surface area contributed by atoms with E-state index in [0.717, 1.165) is 11.1 Å². The minimum Gasteiger partial charge on any atom is -0.497 e. The molecular weight excluding hydrogens is 487 g/mol. The number of amides is 2. The molecule has 0 saturated carbocycles. The maximum Gasteiger partial charge on any atom is 0.246 e. The molecule has 0 aliphatic rings. The van der Waals surface area contributed by atoms with E-state index >= 15 is 0 Å². The van der Waals surface area contributed by atoms with Gasteiger partial charge in [0.1, 0.15) is 18.1 Å². The van der Waals surface area contributed by atoms with Gasteiger partial charge in [-0.05, 0) is 54.1 Å². The van der Waals surface area contributed by atoms with E-state index in [-0.39, 0.29) is 37.2 Å². The van der Waals surface area contributed by atoms with E-state index in [1.807, 2.05) is 54.6 Å². The molecule has 0 spiro atoms. The van der Waals surface area contributed by atoms with Gasteiger partial charge in [-0.1, -0.05) is 30.3 Å². The van der Waals surface area contributed by atoms with Gasteiger partial charge in [-0.15, -0.1) is 0 Å². The molecule has 0 fully saturated rings. The van der Waals surface area contributed by atoms with Crippen molar-refractivity contribution in [3.05, 3.63) is 96.4 Å². The van der Waals surface area contributed by atoms with Crippen LogP contribution >= 0.6 is 0 Å². The fourth-order valence-electron chi connectivity index (χ4n) is 3.88. The SMILES string of the molecule is COCCN(CC(=O)Nc1nc(-c2ccc(OC)cc2)cn1-c1ccc(F)cc1)C(=O)Cc1ccccc1. The minimum absolute atomic E-state index is 0.170. The molecule has 2 amide bonds. The highest BCUT2D eigenvalue weighted by atomic mass is 19.1. The van der Waals surface area contributed by atoms with Crippen LogP contribution in [0.5, 0.6) is 5.75 Å². The molecule has 1 N–H and O–H groups in total. The Morgan fingerprint density at radius 3 is 2.34 bits per heavy atom. The number of carbonyl (C=O) groups is 2. The molecule has 0 atom stereocenters. The van der Waals surface area contributed by atoms with Crippen molar-refractivity contribution in [1.82, 2.24) is 14.5 Å². The predicted molar refractivity (Wildman–Crippen MR) is 143 cm³/mol. The zero-order valence-electron chi connectivity index (χ0n) is 21.3. The Morgan fingerprint density at radius 2 is 1.68 bits per heavy atom. The third kappa shape index (κ3) is 6.83. The van der Waals surface area contributed by atoms with Gasteiger partial charge in [0.2, 0.25) is 17.8 Å². The van der Waals surface area contributed by atoms with Crippen molar-refractivity contribution >= 4 is 17.8 Å². The van der Waals surface area contributed by atoms with Gasteiger partial charge in [-0.2, -0.15) is 0 Å². The van der Waals surface area contributed by atoms with E-state index < -0.39 is 5.91 Å². The maximum absolute atomic E-state index is 13.6. The van der Waals surface area contributed by atoms with E-state index in [1.165, 1.54) is 17.0 Å². The Labute approximate surface area is 220 Å². The molecule has 0 aliphatic heterocycles. The van der Waals surface area contributed by atoms with Crippen LogP contribution in [0, 0.1) is 5.82 Å². The van der Waals surface area contributed by atoms with E-state index in [0.29, 0.717) is 23.7 Å². The summed E-state index contributed by atoms with van der Waals surface area (Å²) in [5.41, 5.74) is 2.88. The molecule has 1 heterocycles. The summed E-state index contributed by atoms with van der Waals surface area (Å²) in [6.07, 6.45) is 1.93. The lowest BCUT2D eigenvalue weighted by molar-refractivity contribution is -0.134. The molecule has 196 valence electrons. The van der Waals surface area contributed by atoms with Crippen LogP contribution in [0.4, 0.5) is 10.3 Å². The van der Waals surface area contributed by atoms with Crippen molar-refractivity contribution in [2.24, 2.45) is 0 Å². The van der Waals surface area contributed by atoms with E-state index in [2.05, 4.69) is 10.3 Å². The molecule has 38 heavy (non-hydrogen) atoms. The Morgan fingerprint density at radius 1 is 0.974 bits per heavy atom. The highest BCUT2D eigenvalue weighted by Crippen LogP contribution is 2.26. The standard InChI is InChI=1S/C29H29FN4O4/c1-37-17-16-33(28(36)18-21-6-4-3-5-7-21)20-27(35)32-29-31-26(22-8-14-25(38-2)15-9-22)19-34(29)24-12-10-23(30)11-13-24/h3-15,19H,16-18,20H2,1-2H3,(H,31,32,35). The van der Waals surface area contributed by atoms with Crippen molar-refractivity contribution in [2.45, 2.75) is 6.42 Å². The first kappa shape index (κ1) is 26.6. The molecule has 4 aromatic rings. The number of nitrogens with one attached hydrogen (secondary N) is 1. The van der Waals surface area contributed by atoms with Gasteiger partial charge < -0.3 is 14.4 Å². The summed E-state index contributed by atoms with van der Waals surface area (Å²) < 4.78 is 25.6. The van der Waals surface area contributed by atoms with Crippen molar-refractivity contribution in [2.75, 3.05) is 39.2 Å². The van der Waals surface area contributed by atoms with Crippen molar-refractivity contribution in [1.29, 1.82) is 0 Å². The summed E-state index contributed by atoms with van der Waals surface area (Å²) in [5, 5.41) is 2.82. The van der Waals surface area contributed by atoms with Gasteiger partial charge in [-0.25, -0.2) is 9.37 Å². The van der Waals surface area contributed by atoms with Gasteiger partial charge >= 0.3 is 0 Å². The number of hydrogen-bond acceptors (Lipinski definition) is 5. The fraction of sp³-hybridized carbons (Fsp3) is 0.207. The second-order valence-corrected chi connectivity index (χ2v) is 8.54. The lowest BCUT2D eigenvalue weighted by Crippen LogP contribution is -2.41. The van der Waals surface area contributed by atoms with Crippen LogP contribution in [0.25, 0.3) is 16.9 Å². The maximum atomic E-state index is 13.6. The van der Waals surface area contributed by atoms with Gasteiger partial charge in [-0.3, -0.25) is 19.5 Å². The van der Waals surface area contributed by atoms with Crippen LogP contribution in [-0.4, -0.2) is 60.2 Å². The van der Waals surface area contributed by atoms with Crippen molar-refractivity contribution in [3.8, 4) is 22.7 Å². The number of aromatic nitrogens is 2. The monoisotopic (exact) mass is 516 g/mol. The lowest BCUT2D eigenvalue weighted by atomic mass is 10.1. The summed E-state index contributed by atoms with van der Waals surface area (Å²) in [4.78, 5) is 32.2. The van der Waals surface area contributed by atoms with Gasteiger partial charge in [0, 0.05) is 31.1 Å². The smallest absolute Gasteiger partial charge is 0.246 e. The molecule has 1 aromatic heterocycles. The number of anilines is 1. The quantitative estimate of drug-likeness (QED) is 0.321. The van der Waals surface area contributed by atoms with E-state index in [4.69, 9.17) is 9.47 Å². The number of hydrogen-bond donors (Lipinski definition) is 1. The topological polar surface area (TPSA) is 85.7 Å². The number of carbonyl (C=O) groups excluding carboxylic acids is 2. The van der Waals surface area contributed by atoms with Crippen molar-refractivity contribution in [3.63, 3.8) is 0 Å². The molecule has 0 bridgehead atoms. The van der Waals surface area contributed by atoms with Crippen LogP contribution in [0.15, 0.2) is 85.1 Å². The largest absolute Gasteiger partial charge is 0.497 e. The molecule has 9 heteroatoms. The fourth-order valence-corrected chi connectivity index (χ4v) is 3.88. The van der Waals surface area contributed by atoms with Crippen LogP contribution < -0.4 is 10.1 Å². The number of halogens is 1. The first-order valence-corrected chi connectivity index (χ1v) is 12.1. The molecular formula is C29H29FN4O4. The van der Waals surface area contributed by atoms with Crippen LogP contribution in [0.3, 0.4) is 0 Å². The van der Waals surface area contributed by atoms with Crippen LogP contribution in [0.1, 0.15) is 5.56 Å². The number of benzene rings is 3. The second-order valence-electron chi connectivity index (χ2n) is 8.54. The Balaban J connectivity index is 1.57. The van der Waals surface area contributed by atoms with Gasteiger partial charge in [0.15, 0.2) is 0 Å². The van der Waals surface area contributed by atoms with Gasteiger partial charge in [0.05, 0.1) is 25.8 Å². The normalized spacial score (nSPS) is 10.7. The third-order valence-electron chi connectivity index (χ3n) is 5.90. The minimum atomic E-state index is -0.419. The molecule has 0 aliphatic carbocycles. The number of imidazole rings is 1. The average molecular weight is 517 g/mol. The van der Waals surface area contributed by atoms with E-state index in [1.54, 1.807) is 37.1 Å². The summed E-state index contributed by atoms with van der Waals surface area (Å²) >= 11 is 0. The summed E-state index contributed by atoms with van der Waals surface area (Å²) in [7, 11) is 3.13. The van der Waals surface area contributed by atoms with Crippen molar-refractivity contribution < 1.29 is 23.5 Å². The van der Waals surface area contributed by atoms with Crippen LogP contribution in [-0.2, 0) is 20.7 Å². The zero-order chi connectivity index (χ0) is 26.9. The Bertz CT molecular complexity index is 1360. The second kappa shape index (κ2) is 12.6. The van der Waals surface area contributed by atoms with Gasteiger partial charge in [0.25, 0.3) is 0 Å². The first-order valence-electron chi connectivity index (χ1n) is 12.1. The summed E-state index contributed by atoms with van der Waals surface area (Å²) in [5.74, 6) is -0.0336. The molecule has 0 unspecified atom stereocenters. The van der Waals surface area contributed by atoms with E-state index in [9.17, 15) is 14.0 Å². The molecule has 8 nitrogen and oxygen atoms in total. The average Bonchev–Trinajstić information content (AvgIpc) is 3.35. The molecule has 0 radical (unpaired) electrons. The Hall–Kier alpha value is -4.50. The molecule has 4 rings (SSSR count). The van der Waals surface area contributed by atoms with Crippen LogP contribution in [0.2, 0.25) is 0 Å². The molecule has 3 aromatic carbocycles. The predicted octanol–water partition coefficient (Wildman–Crippen LogP) is 4.34. The molecule has 0 saturated heterocycles. The zero-order valence-corrected chi connectivity index (χ0v) is 21.3. The lowest BCUT2D eigenvalue weighted by Gasteiger charge is -2.22. The number of rotatable bonds is 11. The first-order chi connectivity index (χ1) is 18.5. The Kier molecular flexibility index (Phi) is 8.84. The summed E-state index contributed by atoms with van der Waals surface area (Å²) in [6, 6.07) is 22.6. The summed E-state index contributed by atoms with van der Waals surface area (Å²) in [6.45, 7) is 0.377. The highest BCUT2D eigenvalue weighted by molar-refractivity contribution is 5.94. The third-order valence-corrected chi connectivity index (χ3v) is 5.90. The number of ether oxygens (including phenoxy) is 2. The number of methoxy groups -OCH3 is 2. The number of nitrogens with zero attached hydrogens (tertiary/aromatic N) is 3. The highest BCUT2D eigenvalue weighted by Gasteiger charge is 2.20.